The van der Waals surface area contributed by atoms with Gasteiger partial charge in [-0.1, -0.05) is 30.3 Å². The molecule has 0 bridgehead atoms. The summed E-state index contributed by atoms with van der Waals surface area (Å²) in [5, 5.41) is -0.00124. The van der Waals surface area contributed by atoms with E-state index in [9.17, 15) is 13.2 Å². The van der Waals surface area contributed by atoms with Crippen LogP contribution in [0, 0.1) is 0 Å². The second-order valence-electron chi connectivity index (χ2n) is 7.24. The molecule has 1 aromatic heterocycles. The van der Waals surface area contributed by atoms with Crippen molar-refractivity contribution in [3.8, 4) is 11.5 Å². The molecule has 0 unspecified atom stereocenters. The number of fused-ring (bicyclic) bond motifs is 1. The molecule has 0 aliphatic carbocycles. The fraction of sp³-hybridized carbons (Fsp3) is 0.160. The maximum absolute atomic E-state index is 13.8. The van der Waals surface area contributed by atoms with Crippen LogP contribution in [0.2, 0.25) is 0 Å². The van der Waals surface area contributed by atoms with E-state index in [1.54, 1.807) is 42.3 Å². The molecular formula is C25H21F3N2O2. The SMILES string of the molecule is COc1ccc2nc(N(C)c3ccc(OCc4ccccc4)cc3)cc(C(F)(F)F)c2c1. The lowest BCUT2D eigenvalue weighted by molar-refractivity contribution is -0.136. The Bertz CT molecular complexity index is 1210. The molecule has 32 heavy (non-hydrogen) atoms. The van der Waals surface area contributed by atoms with Crippen molar-refractivity contribution in [1.29, 1.82) is 0 Å². The minimum Gasteiger partial charge on any atom is -0.497 e. The van der Waals surface area contributed by atoms with E-state index in [-0.39, 0.29) is 16.7 Å². The molecule has 0 radical (unpaired) electrons. The first kappa shape index (κ1) is 21.5. The van der Waals surface area contributed by atoms with Gasteiger partial charge in [-0.05, 0) is 54.1 Å². The summed E-state index contributed by atoms with van der Waals surface area (Å²) in [7, 11) is 3.09. The average Bonchev–Trinajstić information content (AvgIpc) is 2.81. The molecule has 3 aromatic carbocycles. The second-order valence-corrected chi connectivity index (χ2v) is 7.24. The third kappa shape index (κ3) is 4.61. The van der Waals surface area contributed by atoms with Gasteiger partial charge < -0.3 is 14.4 Å². The predicted molar refractivity (Wildman–Crippen MR) is 119 cm³/mol. The summed E-state index contributed by atoms with van der Waals surface area (Å²) in [6.45, 7) is 0.431. The molecule has 4 nitrogen and oxygen atoms in total. The third-order valence-electron chi connectivity index (χ3n) is 5.12. The number of nitrogens with zero attached hydrogens (tertiary/aromatic N) is 2. The number of rotatable bonds is 6. The van der Waals surface area contributed by atoms with Crippen LogP contribution >= 0.6 is 0 Å². The van der Waals surface area contributed by atoms with Crippen molar-refractivity contribution in [2.45, 2.75) is 12.8 Å². The molecule has 1 heterocycles. The zero-order valence-electron chi connectivity index (χ0n) is 17.6. The first-order valence-electron chi connectivity index (χ1n) is 9.91. The average molecular weight is 438 g/mol. The number of ether oxygens (including phenoxy) is 2. The van der Waals surface area contributed by atoms with E-state index in [0.717, 1.165) is 11.6 Å². The van der Waals surface area contributed by atoms with Crippen LogP contribution in [0.25, 0.3) is 10.9 Å². The quantitative estimate of drug-likeness (QED) is 0.339. The van der Waals surface area contributed by atoms with Gasteiger partial charge in [0.25, 0.3) is 0 Å². The number of anilines is 2. The van der Waals surface area contributed by atoms with Gasteiger partial charge in [0.1, 0.15) is 23.9 Å². The molecule has 0 fully saturated rings. The molecule has 0 saturated heterocycles. The van der Waals surface area contributed by atoms with E-state index in [1.165, 1.54) is 19.2 Å². The van der Waals surface area contributed by atoms with Gasteiger partial charge in [-0.2, -0.15) is 13.2 Å². The number of hydrogen-bond acceptors (Lipinski definition) is 4. The number of methoxy groups -OCH3 is 1. The number of hydrogen-bond donors (Lipinski definition) is 0. The highest BCUT2D eigenvalue weighted by molar-refractivity contribution is 5.86. The second kappa shape index (κ2) is 8.78. The molecule has 0 aliphatic rings. The molecule has 0 saturated carbocycles. The number of aromatic nitrogens is 1. The molecule has 0 aliphatic heterocycles. The minimum atomic E-state index is -4.53. The van der Waals surface area contributed by atoms with Gasteiger partial charge in [-0.25, -0.2) is 4.98 Å². The van der Waals surface area contributed by atoms with Crippen molar-refractivity contribution in [2.24, 2.45) is 0 Å². The zero-order chi connectivity index (χ0) is 22.7. The third-order valence-corrected chi connectivity index (χ3v) is 5.12. The molecule has 0 N–H and O–H groups in total. The summed E-state index contributed by atoms with van der Waals surface area (Å²) in [6.07, 6.45) is -4.53. The Morgan fingerprint density at radius 2 is 1.56 bits per heavy atom. The van der Waals surface area contributed by atoms with Crippen LogP contribution in [0.1, 0.15) is 11.1 Å². The predicted octanol–water partition coefficient (Wildman–Crippen LogP) is 6.61. The van der Waals surface area contributed by atoms with Crippen LogP contribution in [0.3, 0.4) is 0 Å². The minimum absolute atomic E-state index is 0.00124. The summed E-state index contributed by atoms with van der Waals surface area (Å²) >= 11 is 0. The van der Waals surface area contributed by atoms with Gasteiger partial charge in [0.05, 0.1) is 18.2 Å². The van der Waals surface area contributed by atoms with Crippen LogP contribution in [0.5, 0.6) is 11.5 Å². The Labute approximate surface area is 183 Å². The van der Waals surface area contributed by atoms with E-state index in [1.807, 2.05) is 30.3 Å². The number of benzene rings is 3. The maximum atomic E-state index is 13.8. The lowest BCUT2D eigenvalue weighted by Gasteiger charge is -2.21. The Morgan fingerprint density at radius 1 is 0.875 bits per heavy atom. The molecule has 4 rings (SSSR count). The van der Waals surface area contributed by atoms with Gasteiger partial charge in [0.2, 0.25) is 0 Å². The summed E-state index contributed by atoms with van der Waals surface area (Å²) in [4.78, 5) is 6.05. The highest BCUT2D eigenvalue weighted by Gasteiger charge is 2.34. The highest BCUT2D eigenvalue weighted by atomic mass is 19.4. The fourth-order valence-electron chi connectivity index (χ4n) is 3.36. The van der Waals surface area contributed by atoms with Gasteiger partial charge >= 0.3 is 6.18 Å². The van der Waals surface area contributed by atoms with Crippen molar-refractivity contribution in [1.82, 2.24) is 4.98 Å². The number of alkyl halides is 3. The molecule has 164 valence electrons. The number of halogens is 3. The van der Waals surface area contributed by atoms with Crippen LogP contribution < -0.4 is 14.4 Å². The molecule has 0 spiro atoms. The standard InChI is InChI=1S/C25H21F3N2O2/c1-30(18-8-10-19(11-9-18)32-16-17-6-4-3-5-7-17)24-15-22(25(26,27)28)21-14-20(31-2)12-13-23(21)29-24/h3-15H,16H2,1-2H3. The largest absolute Gasteiger partial charge is 0.497 e. The molecule has 0 atom stereocenters. The molecular weight excluding hydrogens is 417 g/mol. The maximum Gasteiger partial charge on any atom is 0.417 e. The van der Waals surface area contributed by atoms with E-state index in [2.05, 4.69) is 4.98 Å². The summed E-state index contributed by atoms with van der Waals surface area (Å²) < 4.78 is 52.2. The van der Waals surface area contributed by atoms with Crippen molar-refractivity contribution >= 4 is 22.4 Å². The van der Waals surface area contributed by atoms with Crippen LogP contribution in [0.4, 0.5) is 24.7 Å². The van der Waals surface area contributed by atoms with E-state index < -0.39 is 11.7 Å². The summed E-state index contributed by atoms with van der Waals surface area (Å²) in [5.74, 6) is 1.20. The van der Waals surface area contributed by atoms with E-state index in [0.29, 0.717) is 23.8 Å². The number of pyridine rings is 1. The van der Waals surface area contributed by atoms with Crippen molar-refractivity contribution in [3.05, 3.63) is 90.0 Å². The van der Waals surface area contributed by atoms with E-state index >= 15 is 0 Å². The van der Waals surface area contributed by atoms with Crippen molar-refractivity contribution < 1.29 is 22.6 Å². The Morgan fingerprint density at radius 3 is 2.22 bits per heavy atom. The lowest BCUT2D eigenvalue weighted by atomic mass is 10.1. The highest BCUT2D eigenvalue weighted by Crippen LogP contribution is 2.38. The topological polar surface area (TPSA) is 34.6 Å². The Balaban J connectivity index is 1.61. The van der Waals surface area contributed by atoms with Gasteiger partial charge in [-0.15, -0.1) is 0 Å². The van der Waals surface area contributed by atoms with Gasteiger partial charge in [0, 0.05) is 18.1 Å². The zero-order valence-corrected chi connectivity index (χ0v) is 17.6. The fourth-order valence-corrected chi connectivity index (χ4v) is 3.36. The van der Waals surface area contributed by atoms with Crippen LogP contribution in [0.15, 0.2) is 78.9 Å². The van der Waals surface area contributed by atoms with E-state index in [4.69, 9.17) is 9.47 Å². The normalized spacial score (nSPS) is 11.4. The van der Waals surface area contributed by atoms with Crippen molar-refractivity contribution in [2.75, 3.05) is 19.1 Å². The molecule has 7 heteroatoms. The lowest BCUT2D eigenvalue weighted by Crippen LogP contribution is -2.14. The first-order chi connectivity index (χ1) is 15.3. The van der Waals surface area contributed by atoms with Gasteiger partial charge in [-0.3, -0.25) is 0 Å². The summed E-state index contributed by atoms with van der Waals surface area (Å²) in [5.41, 5.74) is 1.22. The van der Waals surface area contributed by atoms with Gasteiger partial charge in [0.15, 0.2) is 0 Å². The Hall–Kier alpha value is -3.74. The molecule has 4 aromatic rings. The first-order valence-corrected chi connectivity index (χ1v) is 9.91. The van der Waals surface area contributed by atoms with Crippen LogP contribution in [-0.4, -0.2) is 19.1 Å². The Kier molecular flexibility index (Phi) is 5.90. The van der Waals surface area contributed by atoms with Crippen LogP contribution in [-0.2, 0) is 12.8 Å². The smallest absolute Gasteiger partial charge is 0.417 e. The monoisotopic (exact) mass is 438 g/mol. The summed E-state index contributed by atoms with van der Waals surface area (Å²) in [6, 6.07) is 22.4. The van der Waals surface area contributed by atoms with Crippen molar-refractivity contribution in [3.63, 3.8) is 0 Å². The molecule has 0 amide bonds.